The lowest BCUT2D eigenvalue weighted by Crippen LogP contribution is -2.29. The molecule has 0 aromatic heterocycles. The first kappa shape index (κ1) is 13.2. The summed E-state index contributed by atoms with van der Waals surface area (Å²) < 4.78 is 0. The zero-order valence-electron chi connectivity index (χ0n) is 6.85. The van der Waals surface area contributed by atoms with Crippen molar-refractivity contribution < 1.29 is 19.9 Å². The number of aliphatic carboxylic acids is 1. The van der Waals surface area contributed by atoms with Gasteiger partial charge in [0.15, 0.2) is 0 Å². The van der Waals surface area contributed by atoms with Crippen LogP contribution in [0.3, 0.4) is 0 Å². The number of carbonyl (C=O) groups is 1. The fraction of sp³-hybridized carbons (Fsp3) is 0.500. The number of carboxylic acid groups (broad SMARTS) is 1. The van der Waals surface area contributed by atoms with Gasteiger partial charge in [0, 0.05) is 19.9 Å². The third kappa shape index (κ3) is 11.4. The molecule has 0 saturated carbocycles. The Balaban J connectivity index is 0. The second kappa shape index (κ2) is 5.25. The SMILES string of the molecule is C=CC(=O)O.CC(C)(O)[N+](=O)[O-]. The van der Waals surface area contributed by atoms with E-state index < -0.39 is 16.6 Å². The molecule has 6 nitrogen and oxygen atoms in total. The van der Waals surface area contributed by atoms with Crippen LogP contribution in [0.1, 0.15) is 13.8 Å². The molecule has 2 N–H and O–H groups in total. The number of hydrogen-bond donors (Lipinski definition) is 2. The molecule has 70 valence electrons. The van der Waals surface area contributed by atoms with Crippen molar-refractivity contribution in [3.63, 3.8) is 0 Å². The fourth-order valence-corrected chi connectivity index (χ4v) is 0. The smallest absolute Gasteiger partial charge is 0.327 e. The number of hydrogen-bond acceptors (Lipinski definition) is 4. The maximum Gasteiger partial charge on any atom is 0.327 e. The van der Waals surface area contributed by atoms with Gasteiger partial charge in [0.1, 0.15) is 0 Å². The van der Waals surface area contributed by atoms with Gasteiger partial charge in [-0.2, -0.15) is 0 Å². The highest BCUT2D eigenvalue weighted by Gasteiger charge is 2.24. The standard InChI is InChI=1S/C3H7NO3.C3H4O2/c1-3(2,5)4(6)7;1-2-3(4)5/h5H,1-2H3;2H,1H2,(H,4,5). The molecule has 0 unspecified atom stereocenters. The largest absolute Gasteiger partial charge is 0.478 e. The summed E-state index contributed by atoms with van der Waals surface area (Å²) in [6.45, 7) is 5.20. The van der Waals surface area contributed by atoms with Gasteiger partial charge in [-0.15, -0.1) is 0 Å². The van der Waals surface area contributed by atoms with E-state index in [-0.39, 0.29) is 0 Å². The molecule has 0 amide bonds. The molecule has 0 heterocycles. The van der Waals surface area contributed by atoms with Gasteiger partial charge in [-0.25, -0.2) is 4.79 Å². The third-order valence-corrected chi connectivity index (χ3v) is 0.621. The molecular weight excluding hydrogens is 166 g/mol. The Morgan fingerprint density at radius 1 is 1.67 bits per heavy atom. The predicted octanol–water partition coefficient (Wildman–Crippen LogP) is 0.248. The summed E-state index contributed by atoms with van der Waals surface area (Å²) >= 11 is 0. The molecule has 0 saturated heterocycles. The van der Waals surface area contributed by atoms with E-state index in [0.29, 0.717) is 0 Å². The zero-order valence-corrected chi connectivity index (χ0v) is 6.85. The normalized spacial score (nSPS) is 9.25. The first-order chi connectivity index (χ1) is 5.21. The Bertz CT molecular complexity index is 181. The van der Waals surface area contributed by atoms with Gasteiger partial charge >= 0.3 is 11.7 Å². The monoisotopic (exact) mass is 177 g/mol. The third-order valence-electron chi connectivity index (χ3n) is 0.621. The minimum absolute atomic E-state index is 0.757. The Kier molecular flexibility index (Phi) is 5.77. The van der Waals surface area contributed by atoms with E-state index in [1.807, 2.05) is 0 Å². The van der Waals surface area contributed by atoms with Gasteiger partial charge in [0.25, 0.3) is 0 Å². The Morgan fingerprint density at radius 2 is 1.83 bits per heavy atom. The first-order valence-corrected chi connectivity index (χ1v) is 2.94. The van der Waals surface area contributed by atoms with E-state index in [2.05, 4.69) is 6.58 Å². The van der Waals surface area contributed by atoms with Crippen molar-refractivity contribution in [1.29, 1.82) is 0 Å². The van der Waals surface area contributed by atoms with Crippen LogP contribution in [0.5, 0.6) is 0 Å². The van der Waals surface area contributed by atoms with E-state index in [9.17, 15) is 14.9 Å². The maximum absolute atomic E-state index is 9.58. The molecule has 0 aliphatic rings. The van der Waals surface area contributed by atoms with Crippen molar-refractivity contribution in [3.8, 4) is 0 Å². The van der Waals surface area contributed by atoms with Crippen LogP contribution in [0.25, 0.3) is 0 Å². The van der Waals surface area contributed by atoms with Crippen LogP contribution in [0.15, 0.2) is 12.7 Å². The molecule has 6 heteroatoms. The number of aliphatic hydroxyl groups is 1. The lowest BCUT2D eigenvalue weighted by atomic mass is 10.3. The van der Waals surface area contributed by atoms with E-state index in [1.54, 1.807) is 0 Å². The molecular formula is C6H11NO5. The molecule has 0 aromatic rings. The molecule has 0 rings (SSSR count). The quantitative estimate of drug-likeness (QED) is 0.272. The highest BCUT2D eigenvalue weighted by Crippen LogP contribution is 1.98. The molecule has 12 heavy (non-hydrogen) atoms. The summed E-state index contributed by atoms with van der Waals surface area (Å²) in [7, 11) is 0. The maximum atomic E-state index is 9.58. The fourth-order valence-electron chi connectivity index (χ4n) is 0. The van der Waals surface area contributed by atoms with Crippen LogP contribution in [-0.4, -0.2) is 26.8 Å². The Hall–Kier alpha value is -1.43. The number of nitro groups is 1. The lowest BCUT2D eigenvalue weighted by Gasteiger charge is -2.04. The number of carboxylic acids is 1. The van der Waals surface area contributed by atoms with Crippen molar-refractivity contribution in [2.75, 3.05) is 0 Å². The average Bonchev–Trinajstić information content (AvgIpc) is 1.87. The van der Waals surface area contributed by atoms with Gasteiger partial charge in [0.2, 0.25) is 0 Å². The summed E-state index contributed by atoms with van der Waals surface area (Å²) in [5.74, 6) is -0.981. The van der Waals surface area contributed by atoms with Crippen molar-refractivity contribution in [3.05, 3.63) is 22.8 Å². The summed E-state index contributed by atoms with van der Waals surface area (Å²) in [5.41, 5.74) is -1.78. The second-order valence-corrected chi connectivity index (χ2v) is 2.29. The van der Waals surface area contributed by atoms with Crippen LogP contribution >= 0.6 is 0 Å². The number of nitrogens with zero attached hydrogens (tertiary/aromatic N) is 1. The Morgan fingerprint density at radius 3 is 1.83 bits per heavy atom. The van der Waals surface area contributed by atoms with Crippen LogP contribution in [0.2, 0.25) is 0 Å². The van der Waals surface area contributed by atoms with Gasteiger partial charge in [0.05, 0.1) is 4.92 Å². The second-order valence-electron chi connectivity index (χ2n) is 2.29. The highest BCUT2D eigenvalue weighted by molar-refractivity contribution is 5.78. The molecule has 0 fully saturated rings. The first-order valence-electron chi connectivity index (χ1n) is 2.94. The summed E-state index contributed by atoms with van der Waals surface area (Å²) in [6.07, 6.45) is 0.833. The van der Waals surface area contributed by atoms with Gasteiger partial charge in [-0.3, -0.25) is 10.1 Å². The predicted molar refractivity (Wildman–Crippen MR) is 41.1 cm³/mol. The highest BCUT2D eigenvalue weighted by atomic mass is 16.7. The van der Waals surface area contributed by atoms with Crippen molar-refractivity contribution in [1.82, 2.24) is 0 Å². The lowest BCUT2D eigenvalue weighted by molar-refractivity contribution is -0.613. The van der Waals surface area contributed by atoms with Crippen molar-refractivity contribution >= 4 is 5.97 Å². The molecule has 0 aliphatic carbocycles. The summed E-state index contributed by atoms with van der Waals surface area (Å²) in [6, 6.07) is 0. The minimum Gasteiger partial charge on any atom is -0.478 e. The van der Waals surface area contributed by atoms with Gasteiger partial charge in [-0.1, -0.05) is 6.58 Å². The van der Waals surface area contributed by atoms with Crippen molar-refractivity contribution in [2.45, 2.75) is 19.6 Å². The molecule has 0 atom stereocenters. The molecule has 0 aliphatic heterocycles. The van der Waals surface area contributed by atoms with Crippen LogP contribution in [0, 0.1) is 10.1 Å². The zero-order chi connectivity index (χ0) is 10.4. The number of rotatable bonds is 2. The van der Waals surface area contributed by atoms with E-state index in [1.165, 1.54) is 0 Å². The van der Waals surface area contributed by atoms with Crippen LogP contribution < -0.4 is 0 Å². The molecule has 0 spiro atoms. The van der Waals surface area contributed by atoms with Crippen molar-refractivity contribution in [2.24, 2.45) is 0 Å². The average molecular weight is 177 g/mol. The van der Waals surface area contributed by atoms with Crippen LogP contribution in [0.4, 0.5) is 0 Å². The van der Waals surface area contributed by atoms with E-state index in [0.717, 1.165) is 19.9 Å². The minimum atomic E-state index is -1.78. The van der Waals surface area contributed by atoms with Crippen LogP contribution in [-0.2, 0) is 4.79 Å². The van der Waals surface area contributed by atoms with Gasteiger partial charge < -0.3 is 10.2 Å². The van der Waals surface area contributed by atoms with E-state index in [4.69, 9.17) is 10.2 Å². The molecule has 0 bridgehead atoms. The Labute approximate surface area is 69.3 Å². The van der Waals surface area contributed by atoms with E-state index >= 15 is 0 Å². The van der Waals surface area contributed by atoms with Gasteiger partial charge in [-0.05, 0) is 0 Å². The summed E-state index contributed by atoms with van der Waals surface area (Å²) in [4.78, 5) is 18.1. The topological polar surface area (TPSA) is 101 Å². The molecule has 0 aromatic carbocycles. The summed E-state index contributed by atoms with van der Waals surface area (Å²) in [5, 5.41) is 25.6. The molecule has 0 radical (unpaired) electrons.